The molecule has 27 heavy (non-hydrogen) atoms. The lowest BCUT2D eigenvalue weighted by molar-refractivity contribution is -0.139. The largest absolute Gasteiger partial charge is 0.377 e. The predicted octanol–water partition coefficient (Wildman–Crippen LogP) is 3.36. The van der Waals surface area contributed by atoms with Crippen LogP contribution in [0.25, 0.3) is 10.8 Å². The van der Waals surface area contributed by atoms with Crippen molar-refractivity contribution in [3.8, 4) is 0 Å². The van der Waals surface area contributed by atoms with Gasteiger partial charge >= 0.3 is 0 Å². The molecule has 6 nitrogen and oxygen atoms in total. The summed E-state index contributed by atoms with van der Waals surface area (Å²) in [5.41, 5.74) is 0.987. The summed E-state index contributed by atoms with van der Waals surface area (Å²) in [4.78, 5) is 2.28. The van der Waals surface area contributed by atoms with E-state index in [1.807, 2.05) is 57.1 Å². The summed E-state index contributed by atoms with van der Waals surface area (Å²) in [5, 5.41) is 1.64. The van der Waals surface area contributed by atoms with Gasteiger partial charge in [0.2, 0.25) is 10.0 Å². The monoisotopic (exact) mass is 394 g/mol. The van der Waals surface area contributed by atoms with Crippen LogP contribution in [-0.2, 0) is 19.5 Å². The molecule has 0 aliphatic rings. The van der Waals surface area contributed by atoms with E-state index in [1.165, 1.54) is 0 Å². The van der Waals surface area contributed by atoms with Crippen LogP contribution in [0, 0.1) is 0 Å². The molecule has 0 aromatic heterocycles. The summed E-state index contributed by atoms with van der Waals surface area (Å²) >= 11 is 0. The van der Waals surface area contributed by atoms with Crippen LogP contribution < -0.4 is 9.62 Å². The highest BCUT2D eigenvalue weighted by Gasteiger charge is 2.18. The van der Waals surface area contributed by atoms with Crippen molar-refractivity contribution < 1.29 is 17.9 Å². The van der Waals surface area contributed by atoms with E-state index in [0.717, 1.165) is 16.5 Å². The number of hydrogen-bond donors (Lipinski definition) is 1. The topological polar surface area (TPSA) is 67.9 Å². The Bertz CT molecular complexity index is 831. The number of nitrogens with one attached hydrogen (secondary N) is 1. The standard InChI is InChI=1S/C20H30N2O4S/c1-5-25-20(26-6-2)14-9-15-21-27(23,24)19-13-8-10-16-17(19)11-7-12-18(16)22(3)4/h7-8,10-13,20-21H,5-6,9,14-15H2,1-4H3. The Labute approximate surface area is 162 Å². The molecule has 0 radical (unpaired) electrons. The molecule has 0 atom stereocenters. The quantitative estimate of drug-likeness (QED) is 0.468. The highest BCUT2D eigenvalue weighted by atomic mass is 32.2. The van der Waals surface area contributed by atoms with Gasteiger partial charge in [-0.25, -0.2) is 13.1 Å². The van der Waals surface area contributed by atoms with Gasteiger partial charge in [-0.1, -0.05) is 24.3 Å². The number of fused-ring (bicyclic) bond motifs is 1. The van der Waals surface area contributed by atoms with Crippen molar-refractivity contribution in [2.45, 2.75) is 37.9 Å². The van der Waals surface area contributed by atoms with E-state index in [0.29, 0.717) is 37.5 Å². The van der Waals surface area contributed by atoms with Crippen molar-refractivity contribution in [2.24, 2.45) is 0 Å². The fourth-order valence-corrected chi connectivity index (χ4v) is 4.32. The molecule has 0 heterocycles. The maximum absolute atomic E-state index is 12.8. The first kappa shape index (κ1) is 21.6. The second-order valence-electron chi connectivity index (χ2n) is 6.40. The number of rotatable bonds is 11. The van der Waals surface area contributed by atoms with Gasteiger partial charge in [-0.3, -0.25) is 0 Å². The lowest BCUT2D eigenvalue weighted by atomic mass is 10.1. The zero-order chi connectivity index (χ0) is 19.9. The first-order valence-electron chi connectivity index (χ1n) is 9.32. The second-order valence-corrected chi connectivity index (χ2v) is 8.14. The molecule has 7 heteroatoms. The van der Waals surface area contributed by atoms with Crippen LogP contribution in [0.1, 0.15) is 26.7 Å². The Hall–Kier alpha value is -1.67. The predicted molar refractivity (Wildman–Crippen MR) is 110 cm³/mol. The number of benzene rings is 2. The Morgan fingerprint density at radius 3 is 2.26 bits per heavy atom. The summed E-state index contributed by atoms with van der Waals surface area (Å²) in [6.07, 6.45) is 0.993. The average Bonchev–Trinajstić information content (AvgIpc) is 2.64. The molecule has 0 saturated heterocycles. The van der Waals surface area contributed by atoms with Crippen LogP contribution in [0.3, 0.4) is 0 Å². The first-order chi connectivity index (χ1) is 12.9. The Morgan fingerprint density at radius 2 is 1.63 bits per heavy atom. The van der Waals surface area contributed by atoms with Gasteiger partial charge in [0.25, 0.3) is 0 Å². The molecule has 0 spiro atoms. The molecule has 0 aliphatic heterocycles. The SMILES string of the molecule is CCOC(CCCNS(=O)(=O)c1cccc2c(N(C)C)cccc12)OCC. The minimum Gasteiger partial charge on any atom is -0.377 e. The molecule has 0 aliphatic carbocycles. The Balaban J connectivity index is 2.12. The van der Waals surface area contributed by atoms with Gasteiger partial charge in [-0.2, -0.15) is 0 Å². The molecule has 0 fully saturated rings. The second kappa shape index (κ2) is 10.0. The van der Waals surface area contributed by atoms with Crippen LogP contribution in [0.5, 0.6) is 0 Å². The number of ether oxygens (including phenoxy) is 2. The number of nitrogens with zero attached hydrogens (tertiary/aromatic N) is 1. The van der Waals surface area contributed by atoms with Crippen LogP contribution in [0.2, 0.25) is 0 Å². The highest BCUT2D eigenvalue weighted by molar-refractivity contribution is 7.89. The molecule has 2 rings (SSSR count). The van der Waals surface area contributed by atoms with Gasteiger partial charge < -0.3 is 14.4 Å². The molecule has 150 valence electrons. The normalized spacial score (nSPS) is 12.0. The van der Waals surface area contributed by atoms with E-state index in [-0.39, 0.29) is 6.29 Å². The van der Waals surface area contributed by atoms with Crippen molar-refractivity contribution >= 4 is 26.5 Å². The third-order valence-corrected chi connectivity index (χ3v) is 5.76. The smallest absolute Gasteiger partial charge is 0.241 e. The Kier molecular flexibility index (Phi) is 8.04. The van der Waals surface area contributed by atoms with Crippen molar-refractivity contribution in [1.82, 2.24) is 4.72 Å². The van der Waals surface area contributed by atoms with Crippen molar-refractivity contribution in [3.05, 3.63) is 36.4 Å². The van der Waals surface area contributed by atoms with Crippen LogP contribution in [0.15, 0.2) is 41.3 Å². The number of sulfonamides is 1. The van der Waals surface area contributed by atoms with Crippen molar-refractivity contribution in [1.29, 1.82) is 0 Å². The van der Waals surface area contributed by atoms with Gasteiger partial charge in [-0.15, -0.1) is 0 Å². The average molecular weight is 395 g/mol. The van der Waals surface area contributed by atoms with E-state index in [9.17, 15) is 8.42 Å². The fraction of sp³-hybridized carbons (Fsp3) is 0.500. The summed E-state index contributed by atoms with van der Waals surface area (Å²) in [6.45, 7) is 5.30. The molecule has 0 saturated carbocycles. The molecule has 1 N–H and O–H groups in total. The minimum absolute atomic E-state index is 0.287. The third kappa shape index (κ3) is 5.65. The van der Waals surface area contributed by atoms with E-state index in [2.05, 4.69) is 4.72 Å². The summed E-state index contributed by atoms with van der Waals surface area (Å²) in [5.74, 6) is 0. The molecule has 0 amide bonds. The van der Waals surface area contributed by atoms with Crippen LogP contribution in [-0.4, -0.2) is 48.6 Å². The Morgan fingerprint density at radius 1 is 1.00 bits per heavy atom. The minimum atomic E-state index is -3.60. The summed E-state index contributed by atoms with van der Waals surface area (Å²) < 4.78 is 39.4. The van der Waals surface area contributed by atoms with Gasteiger partial charge in [-0.05, 0) is 38.8 Å². The molecular formula is C20H30N2O4S. The maximum Gasteiger partial charge on any atom is 0.241 e. The van der Waals surface area contributed by atoms with Crippen molar-refractivity contribution in [2.75, 3.05) is 38.8 Å². The summed E-state index contributed by atoms with van der Waals surface area (Å²) in [7, 11) is 0.290. The molecular weight excluding hydrogens is 364 g/mol. The molecule has 0 bridgehead atoms. The van der Waals surface area contributed by atoms with E-state index in [1.54, 1.807) is 12.1 Å². The van der Waals surface area contributed by atoms with Crippen LogP contribution in [0.4, 0.5) is 5.69 Å². The number of hydrogen-bond acceptors (Lipinski definition) is 5. The first-order valence-corrected chi connectivity index (χ1v) is 10.8. The third-order valence-electron chi connectivity index (χ3n) is 4.24. The van der Waals surface area contributed by atoms with E-state index >= 15 is 0 Å². The number of anilines is 1. The van der Waals surface area contributed by atoms with Crippen molar-refractivity contribution in [3.63, 3.8) is 0 Å². The molecule has 0 unspecified atom stereocenters. The molecule has 2 aromatic rings. The van der Waals surface area contributed by atoms with E-state index < -0.39 is 10.0 Å². The fourth-order valence-electron chi connectivity index (χ4n) is 3.03. The molecule has 2 aromatic carbocycles. The van der Waals surface area contributed by atoms with Gasteiger partial charge in [0, 0.05) is 50.3 Å². The van der Waals surface area contributed by atoms with Gasteiger partial charge in [0.15, 0.2) is 6.29 Å². The van der Waals surface area contributed by atoms with Gasteiger partial charge in [0.1, 0.15) is 0 Å². The lowest BCUT2D eigenvalue weighted by Gasteiger charge is -2.18. The zero-order valence-electron chi connectivity index (χ0n) is 16.6. The summed E-state index contributed by atoms with van der Waals surface area (Å²) in [6, 6.07) is 11.1. The lowest BCUT2D eigenvalue weighted by Crippen LogP contribution is -2.26. The van der Waals surface area contributed by atoms with Crippen LogP contribution >= 0.6 is 0 Å². The van der Waals surface area contributed by atoms with Gasteiger partial charge in [0.05, 0.1) is 4.90 Å². The maximum atomic E-state index is 12.8. The zero-order valence-corrected chi connectivity index (χ0v) is 17.4. The van der Waals surface area contributed by atoms with E-state index in [4.69, 9.17) is 9.47 Å². The highest BCUT2D eigenvalue weighted by Crippen LogP contribution is 2.30.